The van der Waals surface area contributed by atoms with Gasteiger partial charge in [0.05, 0.1) is 6.54 Å². The molecule has 1 aromatic rings. The van der Waals surface area contributed by atoms with E-state index in [0.29, 0.717) is 5.82 Å². The highest BCUT2D eigenvalue weighted by molar-refractivity contribution is 14.0. The third kappa shape index (κ3) is 7.39. The van der Waals surface area contributed by atoms with E-state index in [1.54, 1.807) is 12.3 Å². The average Bonchev–Trinajstić information content (AvgIpc) is 3.03. The molecule has 8 heteroatoms. The van der Waals surface area contributed by atoms with Gasteiger partial charge in [0.25, 0.3) is 0 Å². The number of pyridine rings is 1. The largest absolute Gasteiger partial charge is 0.357 e. The number of guanidine groups is 1. The van der Waals surface area contributed by atoms with Crippen molar-refractivity contribution in [2.45, 2.75) is 19.4 Å². The Kier molecular flexibility index (Phi) is 10.9. The predicted octanol–water partition coefficient (Wildman–Crippen LogP) is 2.89. The molecule has 5 nitrogen and oxygen atoms in total. The van der Waals surface area contributed by atoms with Gasteiger partial charge in [-0.25, -0.2) is 9.37 Å². The number of hydrogen-bond acceptors (Lipinski definition) is 4. The smallest absolute Gasteiger partial charge is 0.191 e. The lowest BCUT2D eigenvalue weighted by atomic mass is 10.3. The second-order valence-electron chi connectivity index (χ2n) is 5.51. The maximum absolute atomic E-state index is 13.9. The van der Waals surface area contributed by atoms with Gasteiger partial charge in [0.2, 0.25) is 0 Å². The quantitative estimate of drug-likeness (QED) is 0.198. The van der Waals surface area contributed by atoms with Gasteiger partial charge in [-0.1, -0.05) is 6.08 Å². The third-order valence-corrected chi connectivity index (χ3v) is 4.60. The van der Waals surface area contributed by atoms with E-state index < -0.39 is 0 Å². The van der Waals surface area contributed by atoms with Crippen molar-refractivity contribution in [2.75, 3.05) is 42.6 Å². The number of thioether (sulfide) groups is 1. The summed E-state index contributed by atoms with van der Waals surface area (Å²) < 4.78 is 13.9. The number of rotatable bonds is 8. The van der Waals surface area contributed by atoms with Crippen LogP contribution in [0.2, 0.25) is 0 Å². The number of nitrogens with zero attached hydrogens (tertiary/aromatic N) is 3. The van der Waals surface area contributed by atoms with Crippen molar-refractivity contribution in [3.8, 4) is 0 Å². The normalized spacial score (nSPS) is 17.1. The first-order valence-electron chi connectivity index (χ1n) is 8.33. The first-order chi connectivity index (χ1) is 11.7. The van der Waals surface area contributed by atoms with Gasteiger partial charge in [-0.05, 0) is 25.5 Å². The Hall–Kier alpha value is -1.03. The van der Waals surface area contributed by atoms with Gasteiger partial charge in [0.15, 0.2) is 17.6 Å². The van der Waals surface area contributed by atoms with E-state index in [-0.39, 0.29) is 35.8 Å². The summed E-state index contributed by atoms with van der Waals surface area (Å²) in [5.74, 6) is 2.91. The number of halogens is 2. The molecule has 1 aliphatic rings. The lowest BCUT2D eigenvalue weighted by Crippen LogP contribution is -2.44. The number of hydrogen-bond donors (Lipinski definition) is 2. The molecule has 0 radical (unpaired) electrons. The topological polar surface area (TPSA) is 52.6 Å². The summed E-state index contributed by atoms with van der Waals surface area (Å²) in [6, 6.07) is 3.31. The molecule has 1 saturated heterocycles. The first kappa shape index (κ1) is 22.0. The zero-order valence-corrected chi connectivity index (χ0v) is 17.7. The second kappa shape index (κ2) is 12.3. The van der Waals surface area contributed by atoms with Crippen molar-refractivity contribution < 1.29 is 4.39 Å². The van der Waals surface area contributed by atoms with Crippen LogP contribution in [0, 0.1) is 5.82 Å². The van der Waals surface area contributed by atoms with E-state index in [2.05, 4.69) is 27.2 Å². The van der Waals surface area contributed by atoms with E-state index >= 15 is 0 Å². The number of anilines is 1. The summed E-state index contributed by atoms with van der Waals surface area (Å²) in [5.41, 5.74) is 0. The maximum Gasteiger partial charge on any atom is 0.191 e. The molecule has 2 heterocycles. The van der Waals surface area contributed by atoms with E-state index in [1.807, 2.05) is 29.7 Å². The van der Waals surface area contributed by atoms with Crippen LogP contribution in [0.4, 0.5) is 10.2 Å². The molecule has 1 unspecified atom stereocenters. The summed E-state index contributed by atoms with van der Waals surface area (Å²) in [5, 5.41) is 6.71. The maximum atomic E-state index is 13.9. The highest BCUT2D eigenvalue weighted by Gasteiger charge is 2.25. The lowest BCUT2D eigenvalue weighted by Gasteiger charge is -2.19. The summed E-state index contributed by atoms with van der Waals surface area (Å²) in [4.78, 5) is 10.7. The fourth-order valence-electron chi connectivity index (χ4n) is 2.58. The van der Waals surface area contributed by atoms with Crippen LogP contribution in [-0.4, -0.2) is 54.7 Å². The van der Waals surface area contributed by atoms with E-state index in [0.717, 1.165) is 50.1 Å². The summed E-state index contributed by atoms with van der Waals surface area (Å²) in [7, 11) is 0. The van der Waals surface area contributed by atoms with Crippen LogP contribution < -0.4 is 15.5 Å². The zero-order chi connectivity index (χ0) is 17.2. The highest BCUT2D eigenvalue weighted by atomic mass is 127. The molecule has 0 amide bonds. The standard InChI is InChI=1S/C17H26FN5S.HI/c1-3-11-24-12-9-21-17(19-4-2)22-14-7-10-23(13-14)16-15(18)6-5-8-20-16;/h3,5-6,8,14H,1,4,7,9-13H2,2H3,(H2,19,21,22);1H. The van der Waals surface area contributed by atoms with Crippen molar-refractivity contribution in [2.24, 2.45) is 4.99 Å². The molecule has 140 valence electrons. The van der Waals surface area contributed by atoms with Crippen LogP contribution >= 0.6 is 35.7 Å². The van der Waals surface area contributed by atoms with Crippen molar-refractivity contribution >= 4 is 47.5 Å². The summed E-state index contributed by atoms with van der Waals surface area (Å²) >= 11 is 1.82. The van der Waals surface area contributed by atoms with Gasteiger partial charge in [-0.15, -0.1) is 30.6 Å². The van der Waals surface area contributed by atoms with Crippen LogP contribution in [0.5, 0.6) is 0 Å². The zero-order valence-electron chi connectivity index (χ0n) is 14.6. The van der Waals surface area contributed by atoms with Crippen molar-refractivity contribution in [1.29, 1.82) is 0 Å². The van der Waals surface area contributed by atoms with Crippen LogP contribution in [0.1, 0.15) is 13.3 Å². The summed E-state index contributed by atoms with van der Waals surface area (Å²) in [6.45, 7) is 8.86. The fourth-order valence-corrected chi connectivity index (χ4v) is 3.14. The van der Waals surface area contributed by atoms with Crippen LogP contribution in [0.25, 0.3) is 0 Å². The molecular formula is C17H27FIN5S. The van der Waals surface area contributed by atoms with Crippen molar-refractivity contribution in [1.82, 2.24) is 15.6 Å². The monoisotopic (exact) mass is 479 g/mol. The Balaban J connectivity index is 0.00000312. The van der Waals surface area contributed by atoms with Crippen LogP contribution in [0.3, 0.4) is 0 Å². The van der Waals surface area contributed by atoms with Crippen molar-refractivity contribution in [3.05, 3.63) is 36.8 Å². The minimum atomic E-state index is -0.266. The number of aromatic nitrogens is 1. The van der Waals surface area contributed by atoms with Crippen LogP contribution in [-0.2, 0) is 0 Å². The summed E-state index contributed by atoms with van der Waals surface area (Å²) in [6.07, 6.45) is 4.47. The van der Waals surface area contributed by atoms with Gasteiger partial charge >= 0.3 is 0 Å². The van der Waals surface area contributed by atoms with E-state index in [4.69, 9.17) is 0 Å². The Morgan fingerprint density at radius 2 is 2.44 bits per heavy atom. The van der Waals surface area contributed by atoms with Gasteiger partial charge in [-0.3, -0.25) is 4.99 Å². The molecule has 0 saturated carbocycles. The molecule has 1 atom stereocenters. The molecular weight excluding hydrogens is 452 g/mol. The predicted molar refractivity (Wildman–Crippen MR) is 117 cm³/mol. The fraction of sp³-hybridized carbons (Fsp3) is 0.529. The Morgan fingerprint density at radius 1 is 1.60 bits per heavy atom. The Morgan fingerprint density at radius 3 is 3.16 bits per heavy atom. The molecule has 25 heavy (non-hydrogen) atoms. The number of aliphatic imine (C=N–C) groups is 1. The van der Waals surface area contributed by atoms with Gasteiger partial charge in [-0.2, -0.15) is 11.8 Å². The van der Waals surface area contributed by atoms with Crippen LogP contribution in [0.15, 0.2) is 36.0 Å². The molecule has 2 rings (SSSR count). The van der Waals surface area contributed by atoms with Gasteiger partial charge in [0.1, 0.15) is 0 Å². The van der Waals surface area contributed by atoms with Crippen molar-refractivity contribution in [3.63, 3.8) is 0 Å². The molecule has 0 aromatic carbocycles. The SMILES string of the molecule is C=CCSCCN=C(NCC)NC1CCN(c2ncccc2F)C1.I. The minimum Gasteiger partial charge on any atom is -0.357 e. The average molecular weight is 479 g/mol. The van der Waals surface area contributed by atoms with E-state index in [1.165, 1.54) is 6.07 Å². The molecule has 0 aliphatic carbocycles. The highest BCUT2D eigenvalue weighted by Crippen LogP contribution is 2.20. The van der Waals surface area contributed by atoms with Gasteiger partial charge < -0.3 is 15.5 Å². The second-order valence-corrected chi connectivity index (χ2v) is 6.66. The first-order valence-corrected chi connectivity index (χ1v) is 9.49. The molecule has 0 bridgehead atoms. The minimum absolute atomic E-state index is 0. The Labute approximate surface area is 171 Å². The van der Waals surface area contributed by atoms with Gasteiger partial charge in [0, 0.05) is 43.4 Å². The molecule has 1 aromatic heterocycles. The molecule has 1 aliphatic heterocycles. The third-order valence-electron chi connectivity index (χ3n) is 3.65. The lowest BCUT2D eigenvalue weighted by molar-refractivity contribution is 0.612. The van der Waals surface area contributed by atoms with E-state index in [9.17, 15) is 4.39 Å². The molecule has 0 spiro atoms. The molecule has 1 fully saturated rings. The molecule has 2 N–H and O–H groups in total. The number of nitrogens with one attached hydrogen (secondary N) is 2. The Bertz CT molecular complexity index is 558.